The molecule has 3 N–H and O–H groups in total. The van der Waals surface area contributed by atoms with Gasteiger partial charge in [-0.3, -0.25) is 4.79 Å². The van der Waals surface area contributed by atoms with Crippen molar-refractivity contribution < 1.29 is 4.79 Å². The van der Waals surface area contributed by atoms with Crippen molar-refractivity contribution in [2.45, 2.75) is 13.8 Å². The minimum absolute atomic E-state index is 0.263. The smallest absolute Gasteiger partial charge is 0.274 e. The van der Waals surface area contributed by atoms with Crippen LogP contribution in [0, 0.1) is 13.8 Å². The number of nitrogen functional groups attached to an aromatic ring is 1. The highest BCUT2D eigenvalue weighted by Gasteiger charge is 2.12. The van der Waals surface area contributed by atoms with Crippen LogP contribution in [0.25, 0.3) is 0 Å². The van der Waals surface area contributed by atoms with Gasteiger partial charge in [-0.2, -0.15) is 0 Å². The van der Waals surface area contributed by atoms with E-state index in [1.54, 1.807) is 18.2 Å². The van der Waals surface area contributed by atoms with Gasteiger partial charge in [0, 0.05) is 10.2 Å². The van der Waals surface area contributed by atoms with Crippen molar-refractivity contribution in [2.24, 2.45) is 0 Å². The molecule has 0 radical (unpaired) electrons. The summed E-state index contributed by atoms with van der Waals surface area (Å²) in [5, 5.41) is 2.80. The minimum Gasteiger partial charge on any atom is -0.397 e. The topological polar surface area (TPSA) is 68.0 Å². The van der Waals surface area contributed by atoms with Crippen molar-refractivity contribution in [3.63, 3.8) is 0 Å². The fourth-order valence-corrected chi connectivity index (χ4v) is 2.38. The highest BCUT2D eigenvalue weighted by molar-refractivity contribution is 9.10. The zero-order valence-electron chi connectivity index (χ0n) is 10.7. The number of nitrogens with zero attached hydrogens (tertiary/aromatic N) is 1. The number of hydrogen-bond acceptors (Lipinski definition) is 3. The molecule has 0 saturated heterocycles. The molecule has 98 valence electrons. The number of carbonyl (C=O) groups is 1. The molecule has 1 aromatic heterocycles. The SMILES string of the molecule is Cc1cccc(C(=O)Nc2c(C)cc(Br)cc2N)n1. The summed E-state index contributed by atoms with van der Waals surface area (Å²) in [4.78, 5) is 16.3. The summed E-state index contributed by atoms with van der Waals surface area (Å²) in [6.45, 7) is 3.73. The second-order valence-corrected chi connectivity index (χ2v) is 5.22. The second kappa shape index (κ2) is 5.40. The Hall–Kier alpha value is -1.88. The summed E-state index contributed by atoms with van der Waals surface area (Å²) in [6.07, 6.45) is 0. The molecule has 4 nitrogen and oxygen atoms in total. The molecular weight excluding hydrogens is 306 g/mol. The lowest BCUT2D eigenvalue weighted by atomic mass is 10.1. The van der Waals surface area contributed by atoms with E-state index in [0.29, 0.717) is 17.1 Å². The Labute approximate surface area is 120 Å². The Morgan fingerprint density at radius 2 is 2.05 bits per heavy atom. The Kier molecular flexibility index (Phi) is 3.85. The van der Waals surface area contributed by atoms with Gasteiger partial charge in [-0.25, -0.2) is 4.98 Å². The van der Waals surface area contributed by atoms with Gasteiger partial charge in [-0.15, -0.1) is 0 Å². The molecule has 0 aliphatic rings. The summed E-state index contributed by atoms with van der Waals surface area (Å²) in [7, 11) is 0. The number of aromatic nitrogens is 1. The standard InChI is InChI=1S/C14H14BrN3O/c1-8-6-10(15)7-11(16)13(8)18-14(19)12-5-3-4-9(2)17-12/h3-7H,16H2,1-2H3,(H,18,19). The van der Waals surface area contributed by atoms with Crippen LogP contribution in [0.2, 0.25) is 0 Å². The van der Waals surface area contributed by atoms with E-state index in [9.17, 15) is 4.79 Å². The van der Waals surface area contributed by atoms with E-state index in [1.807, 2.05) is 26.0 Å². The van der Waals surface area contributed by atoms with Gasteiger partial charge in [0.1, 0.15) is 5.69 Å². The van der Waals surface area contributed by atoms with Crippen molar-refractivity contribution in [2.75, 3.05) is 11.1 Å². The first-order chi connectivity index (χ1) is 8.97. The van der Waals surface area contributed by atoms with Gasteiger partial charge in [-0.1, -0.05) is 22.0 Å². The number of aryl methyl sites for hydroxylation is 2. The third-order valence-electron chi connectivity index (χ3n) is 2.69. The number of anilines is 2. The number of halogens is 1. The van der Waals surface area contributed by atoms with Crippen LogP contribution in [-0.4, -0.2) is 10.9 Å². The van der Waals surface area contributed by atoms with Gasteiger partial charge >= 0.3 is 0 Å². The molecular formula is C14H14BrN3O. The highest BCUT2D eigenvalue weighted by Crippen LogP contribution is 2.28. The summed E-state index contributed by atoms with van der Waals surface area (Å²) >= 11 is 3.36. The Balaban J connectivity index is 2.29. The molecule has 1 heterocycles. The zero-order valence-corrected chi connectivity index (χ0v) is 12.3. The highest BCUT2D eigenvalue weighted by atomic mass is 79.9. The maximum absolute atomic E-state index is 12.1. The predicted octanol–water partition coefficient (Wildman–Crippen LogP) is 3.30. The molecule has 0 unspecified atom stereocenters. The quantitative estimate of drug-likeness (QED) is 0.834. The van der Waals surface area contributed by atoms with Gasteiger partial charge in [0.25, 0.3) is 5.91 Å². The number of carbonyl (C=O) groups excluding carboxylic acids is 1. The van der Waals surface area contributed by atoms with E-state index in [0.717, 1.165) is 15.7 Å². The van der Waals surface area contributed by atoms with Gasteiger partial charge in [0.15, 0.2) is 0 Å². The molecule has 0 atom stereocenters. The van der Waals surface area contributed by atoms with E-state index in [-0.39, 0.29) is 5.91 Å². The molecule has 1 amide bonds. The molecule has 0 spiro atoms. The Morgan fingerprint density at radius 3 is 2.68 bits per heavy atom. The normalized spacial score (nSPS) is 10.3. The molecule has 0 aliphatic carbocycles. The van der Waals surface area contributed by atoms with Crippen LogP contribution < -0.4 is 11.1 Å². The average molecular weight is 320 g/mol. The van der Waals surface area contributed by atoms with Crippen molar-refractivity contribution in [3.05, 3.63) is 51.8 Å². The van der Waals surface area contributed by atoms with E-state index in [1.165, 1.54) is 0 Å². The van der Waals surface area contributed by atoms with Crippen LogP contribution in [0.15, 0.2) is 34.8 Å². The van der Waals surface area contributed by atoms with Crippen LogP contribution in [0.4, 0.5) is 11.4 Å². The summed E-state index contributed by atoms with van der Waals surface area (Å²) in [5.74, 6) is -0.263. The first-order valence-corrected chi connectivity index (χ1v) is 6.57. The average Bonchev–Trinajstić information content (AvgIpc) is 2.33. The van der Waals surface area contributed by atoms with Crippen LogP contribution in [0.1, 0.15) is 21.7 Å². The molecule has 0 bridgehead atoms. The fourth-order valence-electron chi connectivity index (χ4n) is 1.79. The van der Waals surface area contributed by atoms with E-state index >= 15 is 0 Å². The van der Waals surface area contributed by atoms with Crippen molar-refractivity contribution in [1.82, 2.24) is 4.98 Å². The third-order valence-corrected chi connectivity index (χ3v) is 3.15. The number of nitrogens with one attached hydrogen (secondary N) is 1. The lowest BCUT2D eigenvalue weighted by Gasteiger charge is -2.11. The molecule has 2 rings (SSSR count). The Morgan fingerprint density at radius 1 is 1.32 bits per heavy atom. The summed E-state index contributed by atoms with van der Waals surface area (Å²) in [5.41, 5.74) is 9.13. The maximum Gasteiger partial charge on any atom is 0.274 e. The van der Waals surface area contributed by atoms with Crippen molar-refractivity contribution >= 4 is 33.2 Å². The molecule has 1 aromatic carbocycles. The van der Waals surface area contributed by atoms with Crippen LogP contribution >= 0.6 is 15.9 Å². The van der Waals surface area contributed by atoms with Gasteiger partial charge in [0.05, 0.1) is 11.4 Å². The minimum atomic E-state index is -0.263. The summed E-state index contributed by atoms with van der Waals surface area (Å²) < 4.78 is 0.883. The lowest BCUT2D eigenvalue weighted by molar-refractivity contribution is 0.102. The van der Waals surface area contributed by atoms with Gasteiger partial charge in [0.2, 0.25) is 0 Å². The van der Waals surface area contributed by atoms with Crippen molar-refractivity contribution in [3.8, 4) is 0 Å². The van der Waals surface area contributed by atoms with Crippen LogP contribution in [0.5, 0.6) is 0 Å². The first kappa shape index (κ1) is 13.5. The van der Waals surface area contributed by atoms with Crippen LogP contribution in [0.3, 0.4) is 0 Å². The molecule has 0 fully saturated rings. The number of benzene rings is 1. The predicted molar refractivity (Wildman–Crippen MR) is 80.2 cm³/mol. The molecule has 0 saturated carbocycles. The summed E-state index contributed by atoms with van der Waals surface area (Å²) in [6, 6.07) is 8.97. The number of amides is 1. The first-order valence-electron chi connectivity index (χ1n) is 5.78. The fraction of sp³-hybridized carbons (Fsp3) is 0.143. The van der Waals surface area contributed by atoms with Gasteiger partial charge < -0.3 is 11.1 Å². The Bertz CT molecular complexity index is 617. The molecule has 0 aliphatic heterocycles. The molecule has 5 heteroatoms. The van der Waals surface area contributed by atoms with Crippen LogP contribution in [-0.2, 0) is 0 Å². The molecule has 2 aromatic rings. The number of nitrogens with two attached hydrogens (primary N) is 1. The van der Waals surface area contributed by atoms with E-state index in [2.05, 4.69) is 26.2 Å². The van der Waals surface area contributed by atoms with Crippen molar-refractivity contribution in [1.29, 1.82) is 0 Å². The van der Waals surface area contributed by atoms with Gasteiger partial charge in [-0.05, 0) is 43.7 Å². The largest absolute Gasteiger partial charge is 0.397 e. The second-order valence-electron chi connectivity index (χ2n) is 4.31. The van der Waals surface area contributed by atoms with E-state index in [4.69, 9.17) is 5.73 Å². The maximum atomic E-state index is 12.1. The monoisotopic (exact) mass is 319 g/mol. The molecule has 19 heavy (non-hydrogen) atoms. The lowest BCUT2D eigenvalue weighted by Crippen LogP contribution is -2.16. The zero-order chi connectivity index (χ0) is 14.0. The number of rotatable bonds is 2. The third kappa shape index (κ3) is 3.12. The van der Waals surface area contributed by atoms with E-state index < -0.39 is 0 Å². The number of hydrogen-bond donors (Lipinski definition) is 2. The number of pyridine rings is 1.